The van der Waals surface area contributed by atoms with Crippen LogP contribution >= 0.6 is 38.6 Å². The zero-order valence-corrected chi connectivity index (χ0v) is 17.8. The summed E-state index contributed by atoms with van der Waals surface area (Å²) in [6.07, 6.45) is 0. The molecule has 2 aromatic heterocycles. The number of benzene rings is 1. The number of rotatable bonds is 5. The number of hydrogen-bond acceptors (Lipinski definition) is 6. The molecule has 0 spiro atoms. The van der Waals surface area contributed by atoms with Crippen LogP contribution in [0.5, 0.6) is 0 Å². The molecular weight excluding hydrogens is 458 g/mol. The Morgan fingerprint density at radius 1 is 1.23 bits per heavy atom. The molecule has 0 atom stereocenters. The van der Waals surface area contributed by atoms with Crippen LogP contribution < -0.4 is 5.32 Å². The van der Waals surface area contributed by atoms with E-state index in [-0.39, 0.29) is 10.5 Å². The van der Waals surface area contributed by atoms with Gasteiger partial charge in [-0.25, -0.2) is 17.7 Å². The number of hydrogen-bond donors (Lipinski definition) is 1. The largest absolute Gasteiger partial charge is 0.298 e. The quantitative estimate of drug-likeness (QED) is 0.606. The lowest BCUT2D eigenvalue weighted by Crippen LogP contribution is -2.23. The highest BCUT2D eigenvalue weighted by molar-refractivity contribution is 9.10. The average molecular weight is 472 g/mol. The molecule has 0 aliphatic carbocycles. The first-order valence-electron chi connectivity index (χ1n) is 7.32. The molecule has 0 radical (unpaired) electrons. The van der Waals surface area contributed by atoms with Crippen LogP contribution in [0.15, 0.2) is 50.5 Å². The van der Waals surface area contributed by atoms with Gasteiger partial charge in [-0.15, -0.1) is 22.7 Å². The lowest BCUT2D eigenvalue weighted by atomic mass is 10.2. The van der Waals surface area contributed by atoms with Crippen molar-refractivity contribution in [2.45, 2.75) is 4.90 Å². The number of thiophene rings is 1. The number of anilines is 1. The predicted octanol–water partition coefficient (Wildman–Crippen LogP) is 4.14. The zero-order chi connectivity index (χ0) is 18.9. The maximum Gasteiger partial charge on any atom is 0.257 e. The van der Waals surface area contributed by atoms with Gasteiger partial charge in [0.2, 0.25) is 10.0 Å². The van der Waals surface area contributed by atoms with Gasteiger partial charge in [-0.1, -0.05) is 6.07 Å². The Hall–Kier alpha value is -1.59. The van der Waals surface area contributed by atoms with Crippen molar-refractivity contribution in [2.75, 3.05) is 19.4 Å². The number of sulfonamides is 1. The molecule has 0 unspecified atom stereocenters. The Bertz CT molecular complexity index is 1040. The van der Waals surface area contributed by atoms with E-state index in [9.17, 15) is 13.2 Å². The SMILES string of the molecule is CN(C)S(=O)(=O)c1cc(C(=O)Nc2nc(-c3cccs3)cs2)ccc1Br. The Morgan fingerprint density at radius 2 is 2.00 bits per heavy atom. The van der Waals surface area contributed by atoms with Crippen LogP contribution in [0, 0.1) is 0 Å². The first-order chi connectivity index (χ1) is 12.3. The van der Waals surface area contributed by atoms with Gasteiger partial charge >= 0.3 is 0 Å². The van der Waals surface area contributed by atoms with Gasteiger partial charge in [0.25, 0.3) is 5.91 Å². The molecule has 1 N–H and O–H groups in total. The summed E-state index contributed by atoms with van der Waals surface area (Å²) in [5.41, 5.74) is 1.04. The molecule has 1 amide bonds. The summed E-state index contributed by atoms with van der Waals surface area (Å²) in [6, 6.07) is 8.35. The fourth-order valence-corrected chi connectivity index (χ4v) is 5.39. The second kappa shape index (κ2) is 7.57. The minimum absolute atomic E-state index is 0.0357. The molecule has 136 valence electrons. The van der Waals surface area contributed by atoms with E-state index in [0.29, 0.717) is 9.60 Å². The molecule has 1 aromatic carbocycles. The molecule has 26 heavy (non-hydrogen) atoms. The molecule has 0 bridgehead atoms. The van der Waals surface area contributed by atoms with E-state index in [1.807, 2.05) is 22.9 Å². The third-order valence-electron chi connectivity index (χ3n) is 3.45. The van der Waals surface area contributed by atoms with E-state index in [1.54, 1.807) is 23.5 Å². The van der Waals surface area contributed by atoms with Crippen molar-refractivity contribution in [2.24, 2.45) is 0 Å². The van der Waals surface area contributed by atoms with E-state index >= 15 is 0 Å². The Balaban J connectivity index is 1.85. The summed E-state index contributed by atoms with van der Waals surface area (Å²) in [6.45, 7) is 0. The highest BCUT2D eigenvalue weighted by Gasteiger charge is 2.22. The highest BCUT2D eigenvalue weighted by Crippen LogP contribution is 2.29. The number of carbonyl (C=O) groups is 1. The molecule has 0 saturated heterocycles. The first-order valence-corrected chi connectivity index (χ1v) is 11.3. The van der Waals surface area contributed by atoms with Gasteiger partial charge in [-0.2, -0.15) is 0 Å². The normalized spacial score (nSPS) is 11.7. The van der Waals surface area contributed by atoms with Gasteiger partial charge in [-0.05, 0) is 45.6 Å². The van der Waals surface area contributed by atoms with Crippen LogP contribution in [0.1, 0.15) is 10.4 Å². The van der Waals surface area contributed by atoms with Crippen LogP contribution in [-0.2, 0) is 10.0 Å². The van der Waals surface area contributed by atoms with Crippen molar-refractivity contribution in [1.82, 2.24) is 9.29 Å². The van der Waals surface area contributed by atoms with Gasteiger partial charge in [0.05, 0.1) is 15.5 Å². The smallest absolute Gasteiger partial charge is 0.257 e. The minimum atomic E-state index is -3.67. The number of aromatic nitrogens is 1. The molecule has 0 saturated carbocycles. The van der Waals surface area contributed by atoms with Crippen molar-refractivity contribution in [1.29, 1.82) is 0 Å². The Kier molecular flexibility index (Phi) is 5.58. The lowest BCUT2D eigenvalue weighted by Gasteiger charge is -2.13. The standard InChI is InChI=1S/C16H14BrN3O3S3/c1-20(2)26(22,23)14-8-10(5-6-11(14)17)15(21)19-16-18-12(9-25-16)13-4-3-7-24-13/h3-9H,1-2H3,(H,18,19,21). The third-order valence-corrected chi connectivity index (χ3v) is 7.91. The van der Waals surface area contributed by atoms with Gasteiger partial charge in [0.1, 0.15) is 0 Å². The van der Waals surface area contributed by atoms with Crippen molar-refractivity contribution < 1.29 is 13.2 Å². The third kappa shape index (κ3) is 3.89. The number of amides is 1. The minimum Gasteiger partial charge on any atom is -0.298 e. The summed E-state index contributed by atoms with van der Waals surface area (Å²) in [5, 5.41) is 7.00. The predicted molar refractivity (Wildman–Crippen MR) is 108 cm³/mol. The van der Waals surface area contributed by atoms with Crippen LogP contribution in [-0.4, -0.2) is 37.7 Å². The van der Waals surface area contributed by atoms with Gasteiger partial charge < -0.3 is 0 Å². The summed E-state index contributed by atoms with van der Waals surface area (Å²) in [5.74, 6) is -0.417. The summed E-state index contributed by atoms with van der Waals surface area (Å²) in [7, 11) is -0.786. The Morgan fingerprint density at radius 3 is 2.65 bits per heavy atom. The molecule has 0 fully saturated rings. The second-order valence-electron chi connectivity index (χ2n) is 5.40. The summed E-state index contributed by atoms with van der Waals surface area (Å²) in [4.78, 5) is 18.0. The summed E-state index contributed by atoms with van der Waals surface area (Å²) >= 11 is 6.11. The van der Waals surface area contributed by atoms with E-state index in [4.69, 9.17) is 0 Å². The molecule has 0 aliphatic heterocycles. The average Bonchev–Trinajstić information content (AvgIpc) is 3.26. The zero-order valence-electron chi connectivity index (χ0n) is 13.8. The maximum atomic E-state index is 12.5. The number of thiazole rings is 1. The Labute approximate surface area is 167 Å². The molecule has 0 aliphatic rings. The molecule has 6 nitrogen and oxygen atoms in total. The topological polar surface area (TPSA) is 79.4 Å². The molecule has 2 heterocycles. The second-order valence-corrected chi connectivity index (χ2v) is 10.2. The first kappa shape index (κ1) is 19.2. The molecule has 3 rings (SSSR count). The van der Waals surface area contributed by atoms with Crippen molar-refractivity contribution in [3.8, 4) is 10.6 Å². The highest BCUT2D eigenvalue weighted by atomic mass is 79.9. The number of nitrogens with one attached hydrogen (secondary N) is 1. The van der Waals surface area contributed by atoms with Crippen molar-refractivity contribution >= 4 is 59.7 Å². The van der Waals surface area contributed by atoms with Crippen LogP contribution in [0.3, 0.4) is 0 Å². The maximum absolute atomic E-state index is 12.5. The fourth-order valence-electron chi connectivity index (χ4n) is 2.08. The van der Waals surface area contributed by atoms with Gasteiger partial charge in [0.15, 0.2) is 5.13 Å². The lowest BCUT2D eigenvalue weighted by molar-refractivity contribution is 0.102. The molecule has 3 aromatic rings. The monoisotopic (exact) mass is 471 g/mol. The van der Waals surface area contributed by atoms with Gasteiger partial charge in [0, 0.05) is 29.5 Å². The summed E-state index contributed by atoms with van der Waals surface area (Å²) < 4.78 is 26.3. The fraction of sp³-hybridized carbons (Fsp3) is 0.125. The number of carbonyl (C=O) groups excluding carboxylic acids is 1. The van der Waals surface area contributed by atoms with Crippen molar-refractivity contribution in [3.05, 3.63) is 51.1 Å². The molecule has 10 heteroatoms. The van der Waals surface area contributed by atoms with Gasteiger partial charge in [-0.3, -0.25) is 10.1 Å². The van der Waals surface area contributed by atoms with E-state index in [0.717, 1.165) is 14.9 Å². The van der Waals surface area contributed by atoms with E-state index < -0.39 is 15.9 Å². The van der Waals surface area contributed by atoms with Crippen LogP contribution in [0.2, 0.25) is 0 Å². The number of nitrogens with zero attached hydrogens (tertiary/aromatic N) is 2. The van der Waals surface area contributed by atoms with Crippen molar-refractivity contribution in [3.63, 3.8) is 0 Å². The van der Waals surface area contributed by atoms with Crippen LogP contribution in [0.4, 0.5) is 5.13 Å². The van der Waals surface area contributed by atoms with Crippen LogP contribution in [0.25, 0.3) is 10.6 Å². The molecular formula is C16H14BrN3O3S3. The van der Waals surface area contributed by atoms with E-state index in [2.05, 4.69) is 26.2 Å². The number of halogens is 1. The van der Waals surface area contributed by atoms with E-state index in [1.165, 1.54) is 31.5 Å².